The first-order valence-electron chi connectivity index (χ1n) is 8.64. The maximum atomic E-state index is 5.45. The van der Waals surface area contributed by atoms with Gasteiger partial charge in [-0.2, -0.15) is 4.98 Å². The fourth-order valence-electron chi connectivity index (χ4n) is 2.65. The molecule has 3 aromatic heterocycles. The topological polar surface area (TPSA) is 82.8 Å². The van der Waals surface area contributed by atoms with Crippen LogP contribution in [0.15, 0.2) is 56.8 Å². The molecule has 4 aromatic rings. The van der Waals surface area contributed by atoms with Crippen LogP contribution in [0.2, 0.25) is 0 Å². The maximum Gasteiger partial charge on any atom is 0.237 e. The molecular formula is C19H19N5O2S. The molecule has 7 nitrogen and oxygen atoms in total. The molecule has 0 aliphatic rings. The SMILES string of the molecule is Cc1occc1-c1nnc(SCc2nc(C(C)C)no2)n1-c1ccccc1. The summed E-state index contributed by atoms with van der Waals surface area (Å²) in [5.41, 5.74) is 1.90. The Kier molecular flexibility index (Phi) is 4.81. The van der Waals surface area contributed by atoms with Crippen LogP contribution in [0.4, 0.5) is 0 Å². The number of hydrogen-bond acceptors (Lipinski definition) is 7. The molecule has 0 atom stereocenters. The van der Waals surface area contributed by atoms with Gasteiger partial charge >= 0.3 is 0 Å². The van der Waals surface area contributed by atoms with Crippen molar-refractivity contribution in [1.29, 1.82) is 0 Å². The first-order valence-corrected chi connectivity index (χ1v) is 9.62. The second-order valence-corrected chi connectivity index (χ2v) is 7.30. The molecular weight excluding hydrogens is 362 g/mol. The predicted molar refractivity (Wildman–Crippen MR) is 102 cm³/mol. The van der Waals surface area contributed by atoms with Crippen LogP contribution in [-0.4, -0.2) is 24.9 Å². The van der Waals surface area contributed by atoms with Gasteiger partial charge in [-0.3, -0.25) is 4.57 Å². The highest BCUT2D eigenvalue weighted by Gasteiger charge is 2.20. The molecule has 0 spiro atoms. The van der Waals surface area contributed by atoms with Gasteiger partial charge in [0.05, 0.1) is 17.6 Å². The van der Waals surface area contributed by atoms with Crippen molar-refractivity contribution in [2.75, 3.05) is 0 Å². The van der Waals surface area contributed by atoms with Crippen molar-refractivity contribution in [1.82, 2.24) is 24.9 Å². The standard InChI is InChI=1S/C19H19N5O2S/c1-12(2)17-20-16(26-23-17)11-27-19-22-21-18(15-9-10-25-13(15)3)24(19)14-7-5-4-6-8-14/h4-10,12H,11H2,1-3H3. The number of rotatable bonds is 6. The third kappa shape index (κ3) is 3.52. The van der Waals surface area contributed by atoms with Gasteiger partial charge in [-0.25, -0.2) is 0 Å². The second kappa shape index (κ2) is 7.40. The molecule has 0 saturated heterocycles. The Hall–Kier alpha value is -2.87. The Bertz CT molecular complexity index is 1040. The van der Waals surface area contributed by atoms with E-state index in [2.05, 4.69) is 20.3 Å². The summed E-state index contributed by atoms with van der Waals surface area (Å²) in [5.74, 6) is 3.58. The lowest BCUT2D eigenvalue weighted by atomic mass is 10.2. The molecule has 0 aliphatic heterocycles. The van der Waals surface area contributed by atoms with Gasteiger partial charge in [-0.15, -0.1) is 10.2 Å². The van der Waals surface area contributed by atoms with Gasteiger partial charge in [-0.1, -0.05) is 49.0 Å². The molecule has 0 unspecified atom stereocenters. The zero-order valence-corrected chi connectivity index (χ0v) is 16.1. The van der Waals surface area contributed by atoms with E-state index in [1.807, 2.05) is 61.7 Å². The third-order valence-corrected chi connectivity index (χ3v) is 4.99. The van der Waals surface area contributed by atoms with Crippen LogP contribution < -0.4 is 0 Å². The number of hydrogen-bond donors (Lipinski definition) is 0. The van der Waals surface area contributed by atoms with Crippen LogP contribution >= 0.6 is 11.8 Å². The number of benzene rings is 1. The fourth-order valence-corrected chi connectivity index (χ4v) is 3.44. The van der Waals surface area contributed by atoms with Crippen molar-refractivity contribution >= 4 is 11.8 Å². The van der Waals surface area contributed by atoms with Crippen molar-refractivity contribution < 1.29 is 8.94 Å². The molecule has 0 radical (unpaired) electrons. The number of thioether (sulfide) groups is 1. The summed E-state index contributed by atoms with van der Waals surface area (Å²) in [4.78, 5) is 4.43. The van der Waals surface area contributed by atoms with Gasteiger partial charge in [-0.05, 0) is 25.1 Å². The van der Waals surface area contributed by atoms with Gasteiger partial charge in [0, 0.05) is 11.6 Å². The van der Waals surface area contributed by atoms with E-state index in [0.29, 0.717) is 17.5 Å². The van der Waals surface area contributed by atoms with E-state index >= 15 is 0 Å². The van der Waals surface area contributed by atoms with Crippen LogP contribution in [-0.2, 0) is 5.75 Å². The third-order valence-electron chi connectivity index (χ3n) is 4.07. The summed E-state index contributed by atoms with van der Waals surface area (Å²) >= 11 is 1.51. The van der Waals surface area contributed by atoms with Crippen LogP contribution in [0, 0.1) is 6.92 Å². The van der Waals surface area contributed by atoms with Crippen molar-refractivity contribution in [3.8, 4) is 17.1 Å². The van der Waals surface area contributed by atoms with E-state index in [0.717, 1.165) is 28.0 Å². The molecule has 0 N–H and O–H groups in total. The molecule has 0 aliphatic carbocycles. The Labute approximate surface area is 160 Å². The lowest BCUT2D eigenvalue weighted by molar-refractivity contribution is 0.382. The van der Waals surface area contributed by atoms with Crippen LogP contribution in [0.3, 0.4) is 0 Å². The van der Waals surface area contributed by atoms with Crippen LogP contribution in [0.1, 0.15) is 37.2 Å². The van der Waals surface area contributed by atoms with Crippen LogP contribution in [0.25, 0.3) is 17.1 Å². The highest BCUT2D eigenvalue weighted by atomic mass is 32.2. The van der Waals surface area contributed by atoms with E-state index in [-0.39, 0.29) is 5.92 Å². The Balaban J connectivity index is 1.68. The molecule has 1 aromatic carbocycles. The van der Waals surface area contributed by atoms with Crippen molar-refractivity contribution in [2.24, 2.45) is 0 Å². The normalized spacial score (nSPS) is 11.4. The van der Waals surface area contributed by atoms with Gasteiger partial charge in [0.1, 0.15) is 5.76 Å². The minimum absolute atomic E-state index is 0.233. The number of para-hydroxylation sites is 1. The summed E-state index contributed by atoms with van der Waals surface area (Å²) in [5, 5.41) is 13.6. The Morgan fingerprint density at radius 2 is 1.93 bits per heavy atom. The Morgan fingerprint density at radius 1 is 1.11 bits per heavy atom. The fraction of sp³-hybridized carbons (Fsp3) is 0.263. The quantitative estimate of drug-likeness (QED) is 0.450. The molecule has 27 heavy (non-hydrogen) atoms. The lowest BCUT2D eigenvalue weighted by Crippen LogP contribution is -1.99. The smallest absolute Gasteiger partial charge is 0.237 e. The molecule has 0 amide bonds. The zero-order valence-electron chi connectivity index (χ0n) is 15.3. The maximum absolute atomic E-state index is 5.45. The highest BCUT2D eigenvalue weighted by Crippen LogP contribution is 2.31. The number of aromatic nitrogens is 5. The predicted octanol–water partition coefficient (Wildman–Crippen LogP) is 4.63. The van der Waals surface area contributed by atoms with Gasteiger partial charge in [0.15, 0.2) is 16.8 Å². The number of nitrogens with zero attached hydrogens (tertiary/aromatic N) is 5. The summed E-state index contributed by atoms with van der Waals surface area (Å²) in [6, 6.07) is 11.9. The van der Waals surface area contributed by atoms with E-state index in [1.54, 1.807) is 6.26 Å². The molecule has 0 saturated carbocycles. The summed E-state index contributed by atoms with van der Waals surface area (Å²) in [6.07, 6.45) is 1.66. The summed E-state index contributed by atoms with van der Waals surface area (Å²) < 4.78 is 12.8. The molecule has 0 bridgehead atoms. The minimum Gasteiger partial charge on any atom is -0.469 e. The van der Waals surface area contributed by atoms with E-state index in [9.17, 15) is 0 Å². The number of aryl methyl sites for hydroxylation is 1. The van der Waals surface area contributed by atoms with E-state index < -0.39 is 0 Å². The highest BCUT2D eigenvalue weighted by molar-refractivity contribution is 7.98. The lowest BCUT2D eigenvalue weighted by Gasteiger charge is -2.09. The summed E-state index contributed by atoms with van der Waals surface area (Å²) in [7, 11) is 0. The first-order chi connectivity index (χ1) is 13.1. The van der Waals surface area contributed by atoms with Gasteiger partial charge < -0.3 is 8.94 Å². The average molecular weight is 381 g/mol. The van der Waals surface area contributed by atoms with E-state index in [4.69, 9.17) is 8.94 Å². The van der Waals surface area contributed by atoms with E-state index in [1.165, 1.54) is 11.8 Å². The minimum atomic E-state index is 0.233. The van der Waals surface area contributed by atoms with Crippen molar-refractivity contribution in [3.63, 3.8) is 0 Å². The monoisotopic (exact) mass is 381 g/mol. The van der Waals surface area contributed by atoms with Gasteiger partial charge in [0.25, 0.3) is 0 Å². The molecule has 8 heteroatoms. The zero-order chi connectivity index (χ0) is 18.8. The van der Waals surface area contributed by atoms with Gasteiger partial charge in [0.2, 0.25) is 5.89 Å². The number of furan rings is 1. The largest absolute Gasteiger partial charge is 0.469 e. The Morgan fingerprint density at radius 3 is 2.59 bits per heavy atom. The second-order valence-electron chi connectivity index (χ2n) is 6.36. The van der Waals surface area contributed by atoms with Crippen molar-refractivity contribution in [3.05, 3.63) is 60.1 Å². The molecule has 4 rings (SSSR count). The average Bonchev–Trinajstić information content (AvgIpc) is 3.39. The molecule has 0 fully saturated rings. The molecule has 3 heterocycles. The van der Waals surface area contributed by atoms with Crippen molar-refractivity contribution in [2.45, 2.75) is 37.6 Å². The molecule has 138 valence electrons. The first kappa shape index (κ1) is 17.5. The summed E-state index contributed by atoms with van der Waals surface area (Å²) in [6.45, 7) is 5.98. The van der Waals surface area contributed by atoms with Crippen LogP contribution in [0.5, 0.6) is 0 Å².